The Morgan fingerprint density at radius 3 is 3.07 bits per heavy atom. The molecule has 76 valence electrons. The van der Waals surface area contributed by atoms with E-state index >= 15 is 0 Å². The van der Waals surface area contributed by atoms with Crippen LogP contribution in [0.15, 0.2) is 22.8 Å². The molecule has 3 heteroatoms. The van der Waals surface area contributed by atoms with E-state index in [9.17, 15) is 4.79 Å². The summed E-state index contributed by atoms with van der Waals surface area (Å²) in [6.07, 6.45) is 5.52. The first-order valence-corrected chi connectivity index (χ1v) is 5.33. The second kappa shape index (κ2) is 3.77. The Labute approximate surface area is 88.6 Å². The summed E-state index contributed by atoms with van der Waals surface area (Å²) in [5, 5.41) is 0.954. The van der Waals surface area contributed by atoms with Crippen LogP contribution in [-0.4, -0.2) is 12.6 Å². The topological polar surface area (TPSA) is 26.3 Å². The Morgan fingerprint density at radius 2 is 2.50 bits per heavy atom. The van der Waals surface area contributed by atoms with Crippen molar-refractivity contribution < 1.29 is 9.53 Å². The average molecular weight is 213 g/mol. The first-order chi connectivity index (χ1) is 6.72. The van der Waals surface area contributed by atoms with Crippen LogP contribution in [0.5, 0.6) is 0 Å². The van der Waals surface area contributed by atoms with Crippen molar-refractivity contribution in [3.63, 3.8) is 0 Å². The van der Waals surface area contributed by atoms with Gasteiger partial charge < -0.3 is 4.74 Å². The Hall–Kier alpha value is -0.760. The molecular formula is C11H13ClO2. The molecule has 0 N–H and O–H groups in total. The van der Waals surface area contributed by atoms with E-state index in [1.54, 1.807) is 13.0 Å². The summed E-state index contributed by atoms with van der Waals surface area (Å²) in [6, 6.07) is 0. The van der Waals surface area contributed by atoms with Gasteiger partial charge in [-0.1, -0.05) is 17.7 Å². The number of rotatable bonds is 3. The largest absolute Gasteiger partial charge is 0.463 e. The van der Waals surface area contributed by atoms with E-state index in [2.05, 4.69) is 0 Å². The van der Waals surface area contributed by atoms with Crippen molar-refractivity contribution in [2.75, 3.05) is 6.61 Å². The number of fused-ring (bicyclic) bond motifs is 1. The molecule has 0 heterocycles. The minimum Gasteiger partial charge on any atom is -0.463 e. The molecule has 2 atom stereocenters. The number of carbonyl (C=O) groups is 1. The van der Waals surface area contributed by atoms with Crippen molar-refractivity contribution in [1.82, 2.24) is 0 Å². The lowest BCUT2D eigenvalue weighted by molar-refractivity contribution is -0.137. The number of esters is 1. The zero-order valence-corrected chi connectivity index (χ0v) is 8.88. The number of ether oxygens (including phenoxy) is 1. The third-order valence-corrected chi connectivity index (χ3v) is 3.27. The summed E-state index contributed by atoms with van der Waals surface area (Å²) in [5.74, 6) is 1.06. The summed E-state index contributed by atoms with van der Waals surface area (Å²) in [4.78, 5) is 11.0. The van der Waals surface area contributed by atoms with Gasteiger partial charge in [0.1, 0.15) is 0 Å². The Kier molecular flexibility index (Phi) is 2.64. The van der Waals surface area contributed by atoms with Gasteiger partial charge >= 0.3 is 5.97 Å². The molecule has 0 aromatic carbocycles. The smallest absolute Gasteiger partial charge is 0.330 e. The van der Waals surface area contributed by atoms with Gasteiger partial charge in [-0.3, -0.25) is 0 Å². The van der Waals surface area contributed by atoms with Crippen LogP contribution in [0.2, 0.25) is 0 Å². The van der Waals surface area contributed by atoms with Crippen molar-refractivity contribution in [2.45, 2.75) is 19.8 Å². The van der Waals surface area contributed by atoms with Crippen LogP contribution in [0, 0.1) is 11.8 Å². The second-order valence-electron chi connectivity index (χ2n) is 3.76. The molecular weight excluding hydrogens is 200 g/mol. The highest BCUT2D eigenvalue weighted by molar-refractivity contribution is 6.31. The fourth-order valence-electron chi connectivity index (χ4n) is 1.91. The number of carbonyl (C=O) groups excluding carboxylic acids is 1. The number of hydrogen-bond acceptors (Lipinski definition) is 2. The van der Waals surface area contributed by atoms with Crippen LogP contribution in [0.3, 0.4) is 0 Å². The van der Waals surface area contributed by atoms with E-state index in [-0.39, 0.29) is 5.97 Å². The molecule has 0 aromatic heterocycles. The van der Waals surface area contributed by atoms with Crippen LogP contribution in [0.4, 0.5) is 0 Å². The van der Waals surface area contributed by atoms with Crippen LogP contribution >= 0.6 is 11.6 Å². The highest BCUT2D eigenvalue weighted by atomic mass is 35.5. The number of allylic oxidation sites excluding steroid dienone is 3. The number of hydrogen-bond donors (Lipinski definition) is 0. The predicted molar refractivity (Wildman–Crippen MR) is 54.9 cm³/mol. The second-order valence-corrected chi connectivity index (χ2v) is 4.17. The first-order valence-electron chi connectivity index (χ1n) is 4.95. The van der Waals surface area contributed by atoms with Crippen molar-refractivity contribution in [1.29, 1.82) is 0 Å². The summed E-state index contributed by atoms with van der Waals surface area (Å²) in [6.45, 7) is 2.21. The van der Waals surface area contributed by atoms with Crippen molar-refractivity contribution in [3.8, 4) is 0 Å². The van der Waals surface area contributed by atoms with E-state index in [1.165, 1.54) is 12.5 Å². The van der Waals surface area contributed by atoms with Crippen molar-refractivity contribution >= 4 is 17.6 Å². The maximum Gasteiger partial charge on any atom is 0.330 e. The molecule has 0 bridgehead atoms. The van der Waals surface area contributed by atoms with Crippen LogP contribution in [0.1, 0.15) is 19.8 Å². The van der Waals surface area contributed by atoms with Crippen LogP contribution in [-0.2, 0) is 9.53 Å². The summed E-state index contributed by atoms with van der Waals surface area (Å²) >= 11 is 6.11. The van der Waals surface area contributed by atoms with E-state index in [0.29, 0.717) is 12.5 Å². The van der Waals surface area contributed by atoms with E-state index in [0.717, 1.165) is 22.9 Å². The summed E-state index contributed by atoms with van der Waals surface area (Å²) in [7, 11) is 0. The maximum absolute atomic E-state index is 11.0. The molecule has 0 aromatic rings. The normalized spacial score (nSPS) is 29.6. The highest BCUT2D eigenvalue weighted by Gasteiger charge is 2.45. The summed E-state index contributed by atoms with van der Waals surface area (Å²) < 4.78 is 4.78. The molecule has 2 aliphatic carbocycles. The molecule has 2 nitrogen and oxygen atoms in total. The van der Waals surface area contributed by atoms with Gasteiger partial charge in [0.25, 0.3) is 0 Å². The standard InChI is InChI=1S/C11H13ClO2/c1-2-14-10(13)4-3-7-5-8-6-9(8)11(7)12/h3-4,8-9H,2,5-6H2,1H3/t8-,9+/m0/s1. The van der Waals surface area contributed by atoms with Gasteiger partial charge in [0, 0.05) is 11.1 Å². The van der Waals surface area contributed by atoms with Gasteiger partial charge in [-0.05, 0) is 37.2 Å². The van der Waals surface area contributed by atoms with Crippen LogP contribution < -0.4 is 0 Å². The maximum atomic E-state index is 11.0. The molecule has 0 radical (unpaired) electrons. The molecule has 0 unspecified atom stereocenters. The average Bonchev–Trinajstić information content (AvgIpc) is 2.85. The number of halogens is 1. The quantitative estimate of drug-likeness (QED) is 0.531. The third-order valence-electron chi connectivity index (χ3n) is 2.74. The highest BCUT2D eigenvalue weighted by Crippen LogP contribution is 2.56. The molecule has 2 aliphatic rings. The van der Waals surface area contributed by atoms with E-state index < -0.39 is 0 Å². The molecule has 14 heavy (non-hydrogen) atoms. The lowest BCUT2D eigenvalue weighted by Crippen LogP contribution is -1.99. The zero-order valence-electron chi connectivity index (χ0n) is 8.13. The van der Waals surface area contributed by atoms with Gasteiger partial charge in [-0.25, -0.2) is 4.79 Å². The van der Waals surface area contributed by atoms with Crippen molar-refractivity contribution in [2.24, 2.45) is 11.8 Å². The first kappa shape index (κ1) is 9.78. The van der Waals surface area contributed by atoms with Gasteiger partial charge in [0.05, 0.1) is 6.61 Å². The fourth-order valence-corrected chi connectivity index (χ4v) is 2.32. The van der Waals surface area contributed by atoms with Gasteiger partial charge in [-0.15, -0.1) is 0 Å². The predicted octanol–water partition coefficient (Wildman–Crippen LogP) is 2.64. The van der Waals surface area contributed by atoms with E-state index in [1.807, 2.05) is 0 Å². The van der Waals surface area contributed by atoms with E-state index in [4.69, 9.17) is 16.3 Å². The molecule has 1 fully saturated rings. The van der Waals surface area contributed by atoms with Crippen LogP contribution in [0.25, 0.3) is 0 Å². The Bertz CT molecular complexity index is 317. The molecule has 0 saturated heterocycles. The molecule has 0 aliphatic heterocycles. The molecule has 0 amide bonds. The Morgan fingerprint density at radius 1 is 1.71 bits per heavy atom. The van der Waals surface area contributed by atoms with Gasteiger partial charge in [0.15, 0.2) is 0 Å². The summed E-state index contributed by atoms with van der Waals surface area (Å²) in [5.41, 5.74) is 1.11. The van der Waals surface area contributed by atoms with Gasteiger partial charge in [0.2, 0.25) is 0 Å². The Balaban J connectivity index is 1.94. The third kappa shape index (κ3) is 1.85. The minimum atomic E-state index is -0.287. The molecule has 0 spiro atoms. The zero-order chi connectivity index (χ0) is 10.1. The molecule has 2 rings (SSSR count). The molecule has 1 saturated carbocycles. The van der Waals surface area contributed by atoms with Crippen molar-refractivity contribution in [3.05, 3.63) is 22.8 Å². The minimum absolute atomic E-state index is 0.287. The monoisotopic (exact) mass is 212 g/mol. The van der Waals surface area contributed by atoms with Gasteiger partial charge in [-0.2, -0.15) is 0 Å². The lowest BCUT2D eigenvalue weighted by atomic mass is 10.1. The fraction of sp³-hybridized carbons (Fsp3) is 0.545. The lowest BCUT2D eigenvalue weighted by Gasteiger charge is -1.98. The SMILES string of the molecule is CCOC(=O)C=CC1=C(Cl)[C@@H]2C[C@@H]2C1.